The van der Waals surface area contributed by atoms with Gasteiger partial charge in [-0.05, 0) is 43.3 Å². The summed E-state index contributed by atoms with van der Waals surface area (Å²) >= 11 is 6.89. The Morgan fingerprint density at radius 3 is 2.74 bits per heavy atom. The molecular formula is C18H15ClFN3O3S. The second kappa shape index (κ2) is 8.88. The minimum absolute atomic E-state index is 0.0901. The fraction of sp³-hybridized carbons (Fsp3) is 0.167. The Labute approximate surface area is 164 Å². The SMILES string of the molecule is C[C@H](Oc1ccccc1F)c1nnc(SCC(=O)Nc2ccc(Cl)cc2)o1. The first-order valence-corrected chi connectivity index (χ1v) is 9.30. The minimum Gasteiger partial charge on any atom is -0.478 e. The van der Waals surface area contributed by atoms with Crippen LogP contribution in [-0.4, -0.2) is 21.9 Å². The van der Waals surface area contributed by atoms with E-state index < -0.39 is 11.9 Å². The van der Waals surface area contributed by atoms with Gasteiger partial charge in [0.05, 0.1) is 5.75 Å². The summed E-state index contributed by atoms with van der Waals surface area (Å²) in [5.74, 6) is -0.319. The van der Waals surface area contributed by atoms with E-state index in [0.717, 1.165) is 11.8 Å². The van der Waals surface area contributed by atoms with E-state index in [9.17, 15) is 9.18 Å². The maximum atomic E-state index is 13.6. The quantitative estimate of drug-likeness (QED) is 0.570. The molecule has 9 heteroatoms. The first-order chi connectivity index (χ1) is 13.0. The lowest BCUT2D eigenvalue weighted by Crippen LogP contribution is -2.13. The summed E-state index contributed by atoms with van der Waals surface area (Å²) in [6.45, 7) is 1.67. The maximum absolute atomic E-state index is 13.6. The van der Waals surface area contributed by atoms with Crippen LogP contribution in [0.1, 0.15) is 18.9 Å². The molecule has 1 atom stereocenters. The number of para-hydroxylation sites is 1. The van der Waals surface area contributed by atoms with Crippen molar-refractivity contribution in [2.24, 2.45) is 0 Å². The summed E-state index contributed by atoms with van der Waals surface area (Å²) in [5, 5.41) is 11.3. The highest BCUT2D eigenvalue weighted by Gasteiger charge is 2.18. The van der Waals surface area contributed by atoms with Gasteiger partial charge in [0.1, 0.15) is 0 Å². The Hall–Kier alpha value is -2.58. The first kappa shape index (κ1) is 19.2. The monoisotopic (exact) mass is 407 g/mol. The lowest BCUT2D eigenvalue weighted by molar-refractivity contribution is -0.113. The molecule has 27 heavy (non-hydrogen) atoms. The lowest BCUT2D eigenvalue weighted by atomic mass is 10.3. The van der Waals surface area contributed by atoms with Crippen molar-refractivity contribution in [1.82, 2.24) is 10.2 Å². The fourth-order valence-electron chi connectivity index (χ4n) is 2.08. The molecule has 2 aromatic carbocycles. The number of ether oxygens (including phenoxy) is 1. The number of anilines is 1. The summed E-state index contributed by atoms with van der Waals surface area (Å²) in [6, 6.07) is 12.8. The van der Waals surface area contributed by atoms with Crippen LogP contribution in [0.2, 0.25) is 5.02 Å². The van der Waals surface area contributed by atoms with Crippen molar-refractivity contribution in [1.29, 1.82) is 0 Å². The number of hydrogen-bond acceptors (Lipinski definition) is 6. The molecule has 0 unspecified atom stereocenters. The number of rotatable bonds is 7. The molecule has 1 N–H and O–H groups in total. The Morgan fingerprint density at radius 2 is 2.00 bits per heavy atom. The molecule has 3 rings (SSSR count). The van der Waals surface area contributed by atoms with E-state index in [2.05, 4.69) is 15.5 Å². The molecule has 0 saturated carbocycles. The summed E-state index contributed by atoms with van der Waals surface area (Å²) in [5.41, 5.74) is 0.642. The van der Waals surface area contributed by atoms with E-state index in [4.69, 9.17) is 20.8 Å². The van der Waals surface area contributed by atoms with Crippen molar-refractivity contribution in [3.63, 3.8) is 0 Å². The van der Waals surface area contributed by atoms with Crippen molar-refractivity contribution in [2.45, 2.75) is 18.3 Å². The number of benzene rings is 2. The Kier molecular flexibility index (Phi) is 6.31. The van der Waals surface area contributed by atoms with Crippen molar-refractivity contribution < 1.29 is 18.3 Å². The number of aromatic nitrogens is 2. The fourth-order valence-corrected chi connectivity index (χ4v) is 2.78. The molecule has 0 aliphatic carbocycles. The number of carbonyl (C=O) groups excluding carboxylic acids is 1. The van der Waals surface area contributed by atoms with Gasteiger partial charge in [-0.25, -0.2) is 4.39 Å². The highest BCUT2D eigenvalue weighted by Crippen LogP contribution is 2.25. The Bertz CT molecular complexity index is 920. The summed E-state index contributed by atoms with van der Waals surface area (Å²) < 4.78 is 24.6. The highest BCUT2D eigenvalue weighted by molar-refractivity contribution is 7.99. The van der Waals surface area contributed by atoms with Crippen LogP contribution in [0.3, 0.4) is 0 Å². The van der Waals surface area contributed by atoms with Crippen LogP contribution in [0, 0.1) is 5.82 Å². The molecule has 6 nitrogen and oxygen atoms in total. The maximum Gasteiger partial charge on any atom is 0.277 e. The zero-order valence-corrected chi connectivity index (χ0v) is 15.8. The van der Waals surface area contributed by atoms with E-state index >= 15 is 0 Å². The molecule has 1 heterocycles. The Morgan fingerprint density at radius 1 is 1.26 bits per heavy atom. The number of hydrogen-bond donors (Lipinski definition) is 1. The number of nitrogens with zero attached hydrogens (tertiary/aromatic N) is 2. The Balaban J connectivity index is 1.52. The molecule has 0 aliphatic heterocycles. The normalized spacial score (nSPS) is 11.8. The third-order valence-corrected chi connectivity index (χ3v) is 4.44. The molecule has 1 aromatic heterocycles. The molecule has 3 aromatic rings. The summed E-state index contributed by atoms with van der Waals surface area (Å²) in [7, 11) is 0. The molecular weight excluding hydrogens is 393 g/mol. The van der Waals surface area contributed by atoms with Gasteiger partial charge in [0, 0.05) is 10.7 Å². The van der Waals surface area contributed by atoms with Crippen molar-refractivity contribution >= 4 is 35.0 Å². The molecule has 0 radical (unpaired) electrons. The number of amides is 1. The predicted octanol–water partition coefficient (Wildman–Crippen LogP) is 4.73. The summed E-state index contributed by atoms with van der Waals surface area (Å²) in [6.07, 6.45) is -0.633. The van der Waals surface area contributed by atoms with E-state index in [-0.39, 0.29) is 28.5 Å². The smallest absolute Gasteiger partial charge is 0.277 e. The zero-order chi connectivity index (χ0) is 19.2. The van der Waals surface area contributed by atoms with E-state index in [1.54, 1.807) is 43.3 Å². The van der Waals surface area contributed by atoms with E-state index in [1.165, 1.54) is 12.1 Å². The number of thioether (sulfide) groups is 1. The van der Waals surface area contributed by atoms with Gasteiger partial charge in [-0.3, -0.25) is 4.79 Å². The van der Waals surface area contributed by atoms with Crippen LogP contribution >= 0.6 is 23.4 Å². The lowest BCUT2D eigenvalue weighted by Gasteiger charge is -2.11. The first-order valence-electron chi connectivity index (χ1n) is 7.94. The summed E-state index contributed by atoms with van der Waals surface area (Å²) in [4.78, 5) is 12.0. The van der Waals surface area contributed by atoms with Gasteiger partial charge in [0.2, 0.25) is 5.91 Å². The van der Waals surface area contributed by atoms with Gasteiger partial charge in [0.15, 0.2) is 17.7 Å². The van der Waals surface area contributed by atoms with E-state index in [0.29, 0.717) is 10.7 Å². The molecule has 1 amide bonds. The zero-order valence-electron chi connectivity index (χ0n) is 14.2. The van der Waals surface area contributed by atoms with Gasteiger partial charge < -0.3 is 14.5 Å². The van der Waals surface area contributed by atoms with Gasteiger partial charge in [-0.1, -0.05) is 35.5 Å². The molecule has 140 valence electrons. The van der Waals surface area contributed by atoms with Crippen molar-refractivity contribution in [2.75, 3.05) is 11.1 Å². The molecule has 0 saturated heterocycles. The molecule has 0 fully saturated rings. The van der Waals surface area contributed by atoms with Crippen LogP contribution in [0.25, 0.3) is 0 Å². The van der Waals surface area contributed by atoms with Gasteiger partial charge in [0.25, 0.3) is 11.1 Å². The van der Waals surface area contributed by atoms with Gasteiger partial charge >= 0.3 is 0 Å². The topological polar surface area (TPSA) is 77.2 Å². The van der Waals surface area contributed by atoms with Crippen LogP contribution < -0.4 is 10.1 Å². The molecule has 0 spiro atoms. The standard InChI is InChI=1S/C18H15ClFN3O3S/c1-11(25-15-5-3-2-4-14(15)20)17-22-23-18(26-17)27-10-16(24)21-13-8-6-12(19)7-9-13/h2-9,11H,10H2,1H3,(H,21,24)/t11-/m0/s1. The molecule has 0 bridgehead atoms. The van der Waals surface area contributed by atoms with Crippen LogP contribution in [0.5, 0.6) is 5.75 Å². The minimum atomic E-state index is -0.633. The number of nitrogens with one attached hydrogen (secondary N) is 1. The van der Waals surface area contributed by atoms with Crippen LogP contribution in [0.4, 0.5) is 10.1 Å². The predicted molar refractivity (Wildman–Crippen MR) is 101 cm³/mol. The largest absolute Gasteiger partial charge is 0.478 e. The van der Waals surface area contributed by atoms with Crippen molar-refractivity contribution in [3.8, 4) is 5.75 Å². The number of carbonyl (C=O) groups is 1. The third kappa shape index (κ3) is 5.45. The van der Waals surface area contributed by atoms with Crippen LogP contribution in [-0.2, 0) is 4.79 Å². The average molecular weight is 408 g/mol. The number of halogens is 2. The van der Waals surface area contributed by atoms with Gasteiger partial charge in [-0.15, -0.1) is 10.2 Å². The van der Waals surface area contributed by atoms with Crippen molar-refractivity contribution in [3.05, 3.63) is 65.3 Å². The highest BCUT2D eigenvalue weighted by atomic mass is 35.5. The van der Waals surface area contributed by atoms with Crippen LogP contribution in [0.15, 0.2) is 58.2 Å². The average Bonchev–Trinajstić information content (AvgIpc) is 3.13. The third-order valence-electron chi connectivity index (χ3n) is 3.36. The second-order valence-electron chi connectivity index (χ2n) is 5.44. The second-order valence-corrected chi connectivity index (χ2v) is 6.80. The van der Waals surface area contributed by atoms with Gasteiger partial charge in [-0.2, -0.15) is 0 Å². The molecule has 0 aliphatic rings. The van der Waals surface area contributed by atoms with E-state index in [1.807, 2.05) is 0 Å².